The quantitative estimate of drug-likeness (QED) is 0.448. The van der Waals surface area contributed by atoms with Gasteiger partial charge in [-0.2, -0.15) is 13.2 Å². The number of aliphatic hydroxyl groups excluding tert-OH is 1. The SMILES string of the molecule is Cc1cc2c(-c3ccc(S(=O)(=O)N[C@H]4CCC[C@H]4O)cc3)ccnc2[nH]1.O=C(O)C(F)(F)F. The van der Waals surface area contributed by atoms with E-state index in [1.165, 1.54) is 0 Å². The fourth-order valence-corrected chi connectivity index (χ4v) is 4.87. The standard InChI is InChI=1S/C19H21N3O3S.C2HF3O2/c1-12-11-16-15(9-10-20-19(16)21-12)13-5-7-14(8-6-13)26(24,25)22-17-3-2-4-18(17)23;3-2(4,5)1(6)7/h5-11,17-18,22-23H,2-4H2,1H3,(H,20,21);(H,6,7)/t17-,18+;/m0./s1. The van der Waals surface area contributed by atoms with E-state index in [9.17, 15) is 26.7 Å². The number of hydrogen-bond acceptors (Lipinski definition) is 5. The Bertz CT molecular complexity index is 1240. The number of rotatable bonds is 4. The number of aliphatic carboxylic acids is 1. The van der Waals surface area contributed by atoms with Crippen LogP contribution in [0, 0.1) is 6.92 Å². The van der Waals surface area contributed by atoms with Gasteiger partial charge in [-0.15, -0.1) is 0 Å². The molecule has 1 aliphatic rings. The van der Waals surface area contributed by atoms with E-state index in [4.69, 9.17) is 9.90 Å². The third-order valence-electron chi connectivity index (χ3n) is 5.17. The molecule has 12 heteroatoms. The van der Waals surface area contributed by atoms with E-state index in [2.05, 4.69) is 14.7 Å². The monoisotopic (exact) mass is 485 g/mol. The van der Waals surface area contributed by atoms with Crippen molar-refractivity contribution in [3.05, 3.63) is 48.3 Å². The van der Waals surface area contributed by atoms with Crippen LogP contribution in [0.1, 0.15) is 25.0 Å². The van der Waals surface area contributed by atoms with Crippen LogP contribution < -0.4 is 4.72 Å². The van der Waals surface area contributed by atoms with Crippen molar-refractivity contribution in [3.63, 3.8) is 0 Å². The fourth-order valence-electron chi connectivity index (χ4n) is 3.57. The van der Waals surface area contributed by atoms with Crippen LogP contribution in [0.4, 0.5) is 13.2 Å². The number of aryl methyl sites for hydroxylation is 1. The first kappa shape index (κ1) is 24.7. The number of carbonyl (C=O) groups is 1. The van der Waals surface area contributed by atoms with E-state index in [1.54, 1.807) is 30.5 Å². The molecule has 178 valence electrons. The van der Waals surface area contributed by atoms with Crippen LogP contribution >= 0.6 is 0 Å². The number of halogens is 3. The maximum atomic E-state index is 12.6. The lowest BCUT2D eigenvalue weighted by atomic mass is 10.0. The van der Waals surface area contributed by atoms with Crippen molar-refractivity contribution >= 4 is 27.0 Å². The van der Waals surface area contributed by atoms with Crippen LogP contribution in [0.15, 0.2) is 47.5 Å². The average molecular weight is 485 g/mol. The van der Waals surface area contributed by atoms with Crippen LogP contribution in [-0.4, -0.2) is 52.9 Å². The number of benzene rings is 1. The molecular weight excluding hydrogens is 463 g/mol. The third-order valence-corrected chi connectivity index (χ3v) is 6.68. The average Bonchev–Trinajstić information content (AvgIpc) is 3.31. The first-order valence-corrected chi connectivity index (χ1v) is 11.4. The molecule has 33 heavy (non-hydrogen) atoms. The Kier molecular flexibility index (Phi) is 7.10. The highest BCUT2D eigenvalue weighted by molar-refractivity contribution is 7.89. The minimum Gasteiger partial charge on any atom is -0.475 e. The summed E-state index contributed by atoms with van der Waals surface area (Å²) < 4.78 is 59.5. The number of fused-ring (bicyclic) bond motifs is 1. The smallest absolute Gasteiger partial charge is 0.475 e. The summed E-state index contributed by atoms with van der Waals surface area (Å²) in [5, 5.41) is 18.0. The zero-order valence-corrected chi connectivity index (χ0v) is 18.2. The second kappa shape index (κ2) is 9.49. The van der Waals surface area contributed by atoms with Crippen LogP contribution in [0.3, 0.4) is 0 Å². The molecule has 0 spiro atoms. The van der Waals surface area contributed by atoms with Gasteiger partial charge in [0.2, 0.25) is 10.0 Å². The van der Waals surface area contributed by atoms with Gasteiger partial charge >= 0.3 is 12.1 Å². The van der Waals surface area contributed by atoms with Gasteiger partial charge in [-0.05, 0) is 61.6 Å². The predicted molar refractivity (Wildman–Crippen MR) is 114 cm³/mol. The van der Waals surface area contributed by atoms with Crippen molar-refractivity contribution in [2.75, 3.05) is 0 Å². The molecule has 1 aliphatic carbocycles. The molecule has 0 bridgehead atoms. The second-order valence-corrected chi connectivity index (χ2v) is 9.34. The first-order valence-electron chi connectivity index (χ1n) is 9.94. The summed E-state index contributed by atoms with van der Waals surface area (Å²) in [5.74, 6) is -2.76. The maximum Gasteiger partial charge on any atom is 0.490 e. The molecule has 4 rings (SSSR count). The van der Waals surface area contributed by atoms with Gasteiger partial charge in [-0.1, -0.05) is 12.1 Å². The molecule has 0 unspecified atom stereocenters. The summed E-state index contributed by atoms with van der Waals surface area (Å²) in [6, 6.07) is 10.4. The number of alkyl halides is 3. The summed E-state index contributed by atoms with van der Waals surface area (Å²) in [6.45, 7) is 1.98. The Balaban J connectivity index is 0.000000383. The number of aliphatic hydroxyl groups is 1. The van der Waals surface area contributed by atoms with Crippen molar-refractivity contribution < 1.29 is 36.6 Å². The van der Waals surface area contributed by atoms with E-state index < -0.39 is 34.3 Å². The van der Waals surface area contributed by atoms with Gasteiger partial charge in [0.15, 0.2) is 0 Å². The molecule has 1 saturated carbocycles. The van der Waals surface area contributed by atoms with Crippen molar-refractivity contribution in [2.45, 2.75) is 49.4 Å². The number of H-pyrrole nitrogens is 1. The van der Waals surface area contributed by atoms with Crippen molar-refractivity contribution in [1.29, 1.82) is 0 Å². The summed E-state index contributed by atoms with van der Waals surface area (Å²) in [5.41, 5.74) is 3.77. The highest BCUT2D eigenvalue weighted by atomic mass is 32.2. The molecule has 1 fully saturated rings. The van der Waals surface area contributed by atoms with E-state index in [0.717, 1.165) is 34.3 Å². The number of carboxylic acid groups (broad SMARTS) is 1. The normalized spacial score (nSPS) is 18.7. The molecule has 2 heterocycles. The van der Waals surface area contributed by atoms with Gasteiger partial charge in [0.05, 0.1) is 11.0 Å². The van der Waals surface area contributed by atoms with Crippen LogP contribution in [0.2, 0.25) is 0 Å². The minimum atomic E-state index is -5.08. The summed E-state index contributed by atoms with van der Waals surface area (Å²) >= 11 is 0. The van der Waals surface area contributed by atoms with Gasteiger partial charge in [0.1, 0.15) is 5.65 Å². The second-order valence-electron chi connectivity index (χ2n) is 7.63. The molecule has 0 radical (unpaired) electrons. The third kappa shape index (κ3) is 5.89. The summed E-state index contributed by atoms with van der Waals surface area (Å²) in [4.78, 5) is 16.6. The zero-order chi connectivity index (χ0) is 24.4. The van der Waals surface area contributed by atoms with Crippen molar-refractivity contribution in [1.82, 2.24) is 14.7 Å². The fraction of sp³-hybridized carbons (Fsp3) is 0.333. The Morgan fingerprint density at radius 3 is 2.36 bits per heavy atom. The first-order chi connectivity index (χ1) is 15.4. The maximum absolute atomic E-state index is 12.6. The highest BCUT2D eigenvalue weighted by Gasteiger charge is 2.38. The largest absolute Gasteiger partial charge is 0.490 e. The number of carboxylic acids is 1. The Hall–Kier alpha value is -2.96. The molecule has 4 N–H and O–H groups in total. The minimum absolute atomic E-state index is 0.205. The molecular formula is C21H22F3N3O5S. The predicted octanol–water partition coefficient (Wildman–Crippen LogP) is 3.36. The van der Waals surface area contributed by atoms with E-state index in [-0.39, 0.29) is 4.90 Å². The lowest BCUT2D eigenvalue weighted by Gasteiger charge is -2.16. The number of aromatic amines is 1. The molecule has 3 aromatic rings. The van der Waals surface area contributed by atoms with Crippen LogP contribution in [0.5, 0.6) is 0 Å². The van der Waals surface area contributed by atoms with E-state index in [0.29, 0.717) is 12.8 Å². The Labute approximate surface area is 187 Å². The van der Waals surface area contributed by atoms with Crippen LogP contribution in [-0.2, 0) is 14.8 Å². The molecule has 0 saturated heterocycles. The molecule has 0 amide bonds. The van der Waals surface area contributed by atoms with Gasteiger partial charge < -0.3 is 15.2 Å². The molecule has 2 atom stereocenters. The number of hydrogen-bond donors (Lipinski definition) is 4. The zero-order valence-electron chi connectivity index (χ0n) is 17.4. The Morgan fingerprint density at radius 1 is 1.18 bits per heavy atom. The lowest BCUT2D eigenvalue weighted by Crippen LogP contribution is -2.39. The summed E-state index contributed by atoms with van der Waals surface area (Å²) in [6.07, 6.45) is -1.81. The highest BCUT2D eigenvalue weighted by Crippen LogP contribution is 2.29. The lowest BCUT2D eigenvalue weighted by molar-refractivity contribution is -0.192. The van der Waals surface area contributed by atoms with Gasteiger partial charge in [0, 0.05) is 23.3 Å². The molecule has 2 aromatic heterocycles. The summed E-state index contributed by atoms with van der Waals surface area (Å²) in [7, 11) is -3.64. The van der Waals surface area contributed by atoms with Gasteiger partial charge in [-0.25, -0.2) is 22.9 Å². The van der Waals surface area contributed by atoms with Crippen LogP contribution in [0.25, 0.3) is 22.2 Å². The van der Waals surface area contributed by atoms with E-state index in [1.807, 2.05) is 19.1 Å². The number of aromatic nitrogens is 2. The topological polar surface area (TPSA) is 132 Å². The number of nitrogens with one attached hydrogen (secondary N) is 2. The molecule has 0 aliphatic heterocycles. The number of pyridine rings is 1. The van der Waals surface area contributed by atoms with Gasteiger partial charge in [-0.3, -0.25) is 0 Å². The molecule has 8 nitrogen and oxygen atoms in total. The van der Waals surface area contributed by atoms with Gasteiger partial charge in [0.25, 0.3) is 0 Å². The van der Waals surface area contributed by atoms with Crippen molar-refractivity contribution in [2.24, 2.45) is 0 Å². The van der Waals surface area contributed by atoms with Crippen molar-refractivity contribution in [3.8, 4) is 11.1 Å². The molecule has 1 aromatic carbocycles. The number of sulfonamides is 1. The Morgan fingerprint density at radius 2 is 1.82 bits per heavy atom. The number of nitrogens with zero attached hydrogens (tertiary/aromatic N) is 1. The van der Waals surface area contributed by atoms with E-state index >= 15 is 0 Å².